The lowest BCUT2D eigenvalue weighted by molar-refractivity contribution is -0.142. The Morgan fingerprint density at radius 1 is 1.10 bits per heavy atom. The Morgan fingerprint density at radius 3 is 2.38 bits per heavy atom. The summed E-state index contributed by atoms with van der Waals surface area (Å²) in [6.45, 7) is 2.04. The summed E-state index contributed by atoms with van der Waals surface area (Å²) < 4.78 is 4.97. The van der Waals surface area contributed by atoms with Gasteiger partial charge in [-0.05, 0) is 18.1 Å². The maximum Gasteiger partial charge on any atom is 0.340 e. The van der Waals surface area contributed by atoms with E-state index in [0.29, 0.717) is 6.42 Å². The molecule has 0 N–H and O–H groups in total. The highest BCUT2D eigenvalue weighted by Crippen LogP contribution is 2.37. The summed E-state index contributed by atoms with van der Waals surface area (Å²) in [4.78, 5) is 16.7. The summed E-state index contributed by atoms with van der Waals surface area (Å²) in [6.07, 6.45) is 0.545. The van der Waals surface area contributed by atoms with Crippen LogP contribution in [0, 0.1) is 6.92 Å². The minimum atomic E-state index is -0.842. The molecular weight excluding hydrogens is 262 g/mol. The molecule has 0 saturated heterocycles. The van der Waals surface area contributed by atoms with Crippen LogP contribution in [0.5, 0.6) is 0 Å². The van der Waals surface area contributed by atoms with Gasteiger partial charge in [-0.3, -0.25) is 4.99 Å². The topological polar surface area (TPSA) is 38.7 Å². The quantitative estimate of drug-likeness (QED) is 0.807. The van der Waals surface area contributed by atoms with Crippen LogP contribution in [0.25, 0.3) is 0 Å². The van der Waals surface area contributed by atoms with Crippen LogP contribution in [0.15, 0.2) is 59.6 Å². The summed E-state index contributed by atoms with van der Waals surface area (Å²) in [6, 6.07) is 18.0. The highest BCUT2D eigenvalue weighted by molar-refractivity contribution is 6.29. The van der Waals surface area contributed by atoms with Crippen LogP contribution < -0.4 is 0 Å². The van der Waals surface area contributed by atoms with E-state index in [1.807, 2.05) is 61.5 Å². The fourth-order valence-corrected chi connectivity index (χ4v) is 2.58. The third kappa shape index (κ3) is 2.47. The normalized spacial score (nSPS) is 19.8. The fraction of sp³-hybridized carbons (Fsp3) is 0.222. The molecule has 3 rings (SSSR count). The van der Waals surface area contributed by atoms with Crippen molar-refractivity contribution < 1.29 is 9.53 Å². The van der Waals surface area contributed by atoms with Crippen LogP contribution in [-0.4, -0.2) is 24.3 Å². The van der Waals surface area contributed by atoms with E-state index in [1.54, 1.807) is 0 Å². The highest BCUT2D eigenvalue weighted by atomic mass is 16.5. The number of ether oxygens (including phenoxy) is 1. The number of aliphatic imine (C=N–C) groups is 1. The maximum absolute atomic E-state index is 12.2. The van der Waals surface area contributed by atoms with Crippen molar-refractivity contribution in [3.63, 3.8) is 0 Å². The van der Waals surface area contributed by atoms with Crippen LogP contribution in [-0.2, 0) is 16.0 Å². The third-order valence-electron chi connectivity index (χ3n) is 3.80. The predicted octanol–water partition coefficient (Wildman–Crippen LogP) is 2.95. The van der Waals surface area contributed by atoms with Crippen LogP contribution in [0.1, 0.15) is 16.7 Å². The Bertz CT molecular complexity index is 689. The molecule has 106 valence electrons. The summed E-state index contributed by atoms with van der Waals surface area (Å²) in [7, 11) is 1.41. The minimum absolute atomic E-state index is 0.290. The van der Waals surface area contributed by atoms with Gasteiger partial charge in [0, 0.05) is 6.42 Å². The lowest BCUT2D eigenvalue weighted by Gasteiger charge is -2.13. The molecule has 0 saturated carbocycles. The molecule has 1 aliphatic heterocycles. The van der Waals surface area contributed by atoms with Crippen molar-refractivity contribution in [3.8, 4) is 0 Å². The average Bonchev–Trinajstić information content (AvgIpc) is 3.23. The van der Waals surface area contributed by atoms with Gasteiger partial charge in [0.05, 0.1) is 12.8 Å². The fourth-order valence-electron chi connectivity index (χ4n) is 2.58. The molecule has 2 aromatic rings. The Labute approximate surface area is 124 Å². The van der Waals surface area contributed by atoms with E-state index in [9.17, 15) is 4.79 Å². The van der Waals surface area contributed by atoms with Crippen molar-refractivity contribution in [1.82, 2.24) is 0 Å². The van der Waals surface area contributed by atoms with E-state index in [-0.39, 0.29) is 5.97 Å². The molecule has 2 aromatic carbocycles. The van der Waals surface area contributed by atoms with E-state index in [0.717, 1.165) is 16.8 Å². The van der Waals surface area contributed by atoms with Gasteiger partial charge in [-0.15, -0.1) is 0 Å². The van der Waals surface area contributed by atoms with Gasteiger partial charge in [-0.25, -0.2) is 4.79 Å². The molecule has 0 spiro atoms. The van der Waals surface area contributed by atoms with E-state index in [4.69, 9.17) is 4.74 Å². The molecule has 3 nitrogen and oxygen atoms in total. The molecule has 0 radical (unpaired) electrons. The number of methoxy groups -OCH3 is 1. The van der Waals surface area contributed by atoms with Gasteiger partial charge in [0.15, 0.2) is 0 Å². The van der Waals surface area contributed by atoms with Crippen molar-refractivity contribution in [2.75, 3.05) is 7.11 Å². The first-order chi connectivity index (χ1) is 10.2. The lowest BCUT2D eigenvalue weighted by atomic mass is 9.91. The predicted molar refractivity (Wildman–Crippen MR) is 82.6 cm³/mol. The van der Waals surface area contributed by atoms with Crippen LogP contribution in [0.4, 0.5) is 0 Å². The van der Waals surface area contributed by atoms with E-state index < -0.39 is 5.54 Å². The maximum atomic E-state index is 12.2. The number of aryl methyl sites for hydroxylation is 1. The van der Waals surface area contributed by atoms with Gasteiger partial charge in [0.2, 0.25) is 5.54 Å². The molecule has 1 aliphatic rings. The molecule has 1 atom stereocenters. The first-order valence-corrected chi connectivity index (χ1v) is 6.95. The molecule has 0 aromatic heterocycles. The van der Waals surface area contributed by atoms with Crippen molar-refractivity contribution in [2.45, 2.75) is 18.9 Å². The standard InChI is InChI=1S/C18H17NO2/c1-13-8-10-15(11-9-13)16-18(19-16,17(20)21-2)12-14-6-4-3-5-7-14/h3-11H,12H2,1-2H3. The van der Waals surface area contributed by atoms with Gasteiger partial charge in [-0.2, -0.15) is 0 Å². The first-order valence-electron chi connectivity index (χ1n) is 6.95. The zero-order chi connectivity index (χ0) is 14.9. The van der Waals surface area contributed by atoms with Crippen molar-refractivity contribution in [2.24, 2.45) is 4.99 Å². The molecule has 0 fully saturated rings. The SMILES string of the molecule is COC(=O)C1(Cc2ccccc2)N=C1c1ccc(C)cc1. The van der Waals surface area contributed by atoms with E-state index in [1.165, 1.54) is 12.7 Å². The van der Waals surface area contributed by atoms with E-state index >= 15 is 0 Å². The summed E-state index contributed by atoms with van der Waals surface area (Å²) in [5.41, 5.74) is 3.23. The van der Waals surface area contributed by atoms with Gasteiger partial charge >= 0.3 is 5.97 Å². The Balaban J connectivity index is 1.88. The Hall–Kier alpha value is -2.42. The minimum Gasteiger partial charge on any atom is -0.467 e. The molecule has 3 heteroatoms. The van der Waals surface area contributed by atoms with Crippen LogP contribution in [0.2, 0.25) is 0 Å². The zero-order valence-electron chi connectivity index (χ0n) is 12.2. The van der Waals surface area contributed by atoms with Gasteiger partial charge in [-0.1, -0.05) is 60.2 Å². The molecule has 21 heavy (non-hydrogen) atoms. The number of rotatable bonds is 4. The summed E-state index contributed by atoms with van der Waals surface area (Å²) >= 11 is 0. The number of esters is 1. The number of hydrogen-bond donors (Lipinski definition) is 0. The molecule has 0 aliphatic carbocycles. The monoisotopic (exact) mass is 279 g/mol. The number of benzene rings is 2. The highest BCUT2D eigenvalue weighted by Gasteiger charge is 2.55. The number of hydrogen-bond acceptors (Lipinski definition) is 3. The summed E-state index contributed by atoms with van der Waals surface area (Å²) in [5, 5.41) is 0. The third-order valence-corrected chi connectivity index (χ3v) is 3.80. The van der Waals surface area contributed by atoms with Crippen LogP contribution >= 0.6 is 0 Å². The van der Waals surface area contributed by atoms with Gasteiger partial charge < -0.3 is 4.74 Å². The van der Waals surface area contributed by atoms with Crippen molar-refractivity contribution in [3.05, 3.63) is 71.3 Å². The second-order valence-electron chi connectivity index (χ2n) is 5.34. The zero-order valence-corrected chi connectivity index (χ0v) is 12.2. The van der Waals surface area contributed by atoms with E-state index in [2.05, 4.69) is 4.99 Å². The molecule has 0 amide bonds. The number of nitrogens with zero attached hydrogens (tertiary/aromatic N) is 1. The second kappa shape index (κ2) is 5.17. The van der Waals surface area contributed by atoms with Crippen LogP contribution in [0.3, 0.4) is 0 Å². The Morgan fingerprint density at radius 2 is 1.76 bits per heavy atom. The number of carbonyl (C=O) groups excluding carboxylic acids is 1. The molecule has 1 heterocycles. The number of carbonyl (C=O) groups is 1. The van der Waals surface area contributed by atoms with Gasteiger partial charge in [0.1, 0.15) is 0 Å². The van der Waals surface area contributed by atoms with Crippen molar-refractivity contribution >= 4 is 11.7 Å². The Kier molecular flexibility index (Phi) is 3.34. The second-order valence-corrected chi connectivity index (χ2v) is 5.34. The largest absolute Gasteiger partial charge is 0.467 e. The van der Waals surface area contributed by atoms with Crippen molar-refractivity contribution in [1.29, 1.82) is 0 Å². The van der Waals surface area contributed by atoms with Gasteiger partial charge in [0.25, 0.3) is 0 Å². The smallest absolute Gasteiger partial charge is 0.340 e. The average molecular weight is 279 g/mol. The molecular formula is C18H17NO2. The first kappa shape index (κ1) is 13.6. The molecule has 0 bridgehead atoms. The lowest BCUT2D eigenvalue weighted by Crippen LogP contribution is -2.34. The molecule has 1 unspecified atom stereocenters. The summed E-state index contributed by atoms with van der Waals surface area (Å²) in [5.74, 6) is -0.290.